The Morgan fingerprint density at radius 2 is 2.00 bits per heavy atom. The summed E-state index contributed by atoms with van der Waals surface area (Å²) in [5.41, 5.74) is 0.398. The Morgan fingerprint density at radius 3 is 2.62 bits per heavy atom. The Balaban J connectivity index is 1.75. The normalized spacial score (nSPS) is 11.5. The van der Waals surface area contributed by atoms with Crippen LogP contribution in [0.2, 0.25) is 10.0 Å². The van der Waals surface area contributed by atoms with E-state index in [1.54, 1.807) is 36.7 Å². The average Bonchev–Trinajstić information content (AvgIpc) is 3.26. The molecule has 0 saturated carbocycles. The first kappa shape index (κ1) is 20.8. The van der Waals surface area contributed by atoms with Crippen molar-refractivity contribution < 1.29 is 9.72 Å². The van der Waals surface area contributed by atoms with Crippen molar-refractivity contribution in [2.24, 2.45) is 0 Å². The second-order valence-corrected chi connectivity index (χ2v) is 7.80. The van der Waals surface area contributed by atoms with Gasteiger partial charge >= 0.3 is 5.69 Å². The monoisotopic (exact) mass is 436 g/mol. The quantitative estimate of drug-likeness (QED) is 0.463. The summed E-state index contributed by atoms with van der Waals surface area (Å²) in [6.45, 7) is 5.53. The van der Waals surface area contributed by atoms with E-state index in [1.807, 2.05) is 13.0 Å². The van der Waals surface area contributed by atoms with Gasteiger partial charge in [-0.05, 0) is 38.5 Å². The molecule has 1 amide bonds. The standard InChI is InChI=1S/C18H18Cl2N6O3/c1-11-6-16(23-24(11)9-12-4-5-14(19)15(20)7-12)22-17(27)18(2,3)25-10-13(8-21-25)26(28)29/h4-8,10H,9H2,1-3H3,(H,22,23,27). The molecule has 0 aliphatic heterocycles. The van der Waals surface area contributed by atoms with Gasteiger partial charge in [0.1, 0.15) is 17.9 Å². The van der Waals surface area contributed by atoms with Gasteiger partial charge in [-0.15, -0.1) is 0 Å². The molecule has 0 bridgehead atoms. The molecule has 0 aliphatic rings. The maximum atomic E-state index is 12.8. The van der Waals surface area contributed by atoms with E-state index in [-0.39, 0.29) is 5.69 Å². The number of nitrogens with one attached hydrogen (secondary N) is 1. The number of benzene rings is 1. The number of carbonyl (C=O) groups is 1. The van der Waals surface area contributed by atoms with Gasteiger partial charge in [0.25, 0.3) is 5.91 Å². The lowest BCUT2D eigenvalue weighted by Crippen LogP contribution is -2.40. The highest BCUT2D eigenvalue weighted by Gasteiger charge is 2.32. The Hall–Kier alpha value is -2.91. The van der Waals surface area contributed by atoms with Crippen LogP contribution < -0.4 is 5.32 Å². The van der Waals surface area contributed by atoms with Crippen LogP contribution in [0.1, 0.15) is 25.1 Å². The fraction of sp³-hybridized carbons (Fsp3) is 0.278. The summed E-state index contributed by atoms with van der Waals surface area (Å²) in [7, 11) is 0. The zero-order valence-corrected chi connectivity index (χ0v) is 17.4. The average molecular weight is 437 g/mol. The lowest BCUT2D eigenvalue weighted by atomic mass is 10.1. The number of hydrogen-bond donors (Lipinski definition) is 1. The van der Waals surface area contributed by atoms with Crippen molar-refractivity contribution in [2.75, 3.05) is 5.32 Å². The van der Waals surface area contributed by atoms with Crippen molar-refractivity contribution in [2.45, 2.75) is 32.9 Å². The third-order valence-corrected chi connectivity index (χ3v) is 5.19. The number of amides is 1. The van der Waals surface area contributed by atoms with Crippen molar-refractivity contribution in [3.63, 3.8) is 0 Å². The Labute approximate surface area is 176 Å². The molecule has 1 N–H and O–H groups in total. The molecule has 0 radical (unpaired) electrons. The molecule has 0 atom stereocenters. The maximum absolute atomic E-state index is 12.8. The number of aryl methyl sites for hydroxylation is 1. The van der Waals surface area contributed by atoms with Crippen LogP contribution >= 0.6 is 23.2 Å². The molecule has 0 saturated heterocycles. The molecule has 3 aromatic rings. The SMILES string of the molecule is Cc1cc(NC(=O)C(C)(C)n2cc([N+](=O)[O-])cn2)nn1Cc1ccc(Cl)c(Cl)c1. The topological polar surface area (TPSA) is 108 Å². The molecule has 29 heavy (non-hydrogen) atoms. The van der Waals surface area contributed by atoms with Gasteiger partial charge in [-0.25, -0.2) is 0 Å². The van der Waals surface area contributed by atoms with E-state index in [9.17, 15) is 14.9 Å². The van der Waals surface area contributed by atoms with Crippen molar-refractivity contribution in [3.8, 4) is 0 Å². The number of carbonyl (C=O) groups excluding carboxylic acids is 1. The predicted molar refractivity (Wildman–Crippen MR) is 109 cm³/mol. The zero-order valence-electron chi connectivity index (χ0n) is 15.9. The number of halogens is 2. The van der Waals surface area contributed by atoms with Crippen molar-refractivity contribution in [3.05, 3.63) is 68.1 Å². The summed E-state index contributed by atoms with van der Waals surface area (Å²) in [5, 5.41) is 22.9. The minimum absolute atomic E-state index is 0.187. The second kappa shape index (κ2) is 7.84. The van der Waals surface area contributed by atoms with Crippen LogP contribution in [-0.2, 0) is 16.9 Å². The molecule has 2 aromatic heterocycles. The van der Waals surface area contributed by atoms with Gasteiger partial charge in [0.15, 0.2) is 5.82 Å². The van der Waals surface area contributed by atoms with Gasteiger partial charge in [0, 0.05) is 11.8 Å². The highest BCUT2D eigenvalue weighted by atomic mass is 35.5. The smallest absolute Gasteiger partial charge is 0.307 e. The number of hydrogen-bond acceptors (Lipinski definition) is 5. The fourth-order valence-electron chi connectivity index (χ4n) is 2.63. The van der Waals surface area contributed by atoms with E-state index in [1.165, 1.54) is 10.9 Å². The van der Waals surface area contributed by atoms with Crippen molar-refractivity contribution in [1.29, 1.82) is 0 Å². The minimum atomic E-state index is -1.16. The highest BCUT2D eigenvalue weighted by molar-refractivity contribution is 6.42. The minimum Gasteiger partial charge on any atom is -0.307 e. The zero-order chi connectivity index (χ0) is 21.3. The van der Waals surface area contributed by atoms with Crippen molar-refractivity contribution >= 4 is 40.6 Å². The van der Waals surface area contributed by atoms with Crippen LogP contribution in [0.4, 0.5) is 11.5 Å². The molecule has 1 aromatic carbocycles. The first-order valence-corrected chi connectivity index (χ1v) is 9.33. The van der Waals surface area contributed by atoms with E-state index in [0.29, 0.717) is 22.4 Å². The molecule has 0 fully saturated rings. The fourth-order valence-corrected chi connectivity index (χ4v) is 2.95. The van der Waals surface area contributed by atoms with E-state index in [4.69, 9.17) is 23.2 Å². The third kappa shape index (κ3) is 4.41. The lowest BCUT2D eigenvalue weighted by Gasteiger charge is -2.23. The van der Waals surface area contributed by atoms with E-state index < -0.39 is 16.4 Å². The summed E-state index contributed by atoms with van der Waals surface area (Å²) in [6, 6.07) is 7.06. The highest BCUT2D eigenvalue weighted by Crippen LogP contribution is 2.24. The van der Waals surface area contributed by atoms with Crippen LogP contribution in [0.15, 0.2) is 36.7 Å². The summed E-state index contributed by atoms with van der Waals surface area (Å²) in [6.07, 6.45) is 2.32. The molecule has 0 unspecified atom stereocenters. The summed E-state index contributed by atoms with van der Waals surface area (Å²) in [5.74, 6) is -0.0445. The molecule has 9 nitrogen and oxygen atoms in total. The van der Waals surface area contributed by atoms with Gasteiger partial charge in [-0.3, -0.25) is 24.3 Å². The second-order valence-electron chi connectivity index (χ2n) is 6.99. The van der Waals surface area contributed by atoms with Gasteiger partial charge < -0.3 is 5.32 Å². The molecular weight excluding hydrogens is 419 g/mol. The van der Waals surface area contributed by atoms with Gasteiger partial charge in [0.2, 0.25) is 0 Å². The molecule has 0 aliphatic carbocycles. The predicted octanol–water partition coefficient (Wildman–Crippen LogP) is 4.03. The Kier molecular flexibility index (Phi) is 5.63. The molecule has 0 spiro atoms. The Bertz CT molecular complexity index is 1090. The first-order chi connectivity index (χ1) is 13.6. The maximum Gasteiger partial charge on any atom is 0.307 e. The number of aromatic nitrogens is 4. The Morgan fingerprint density at radius 1 is 1.28 bits per heavy atom. The van der Waals surface area contributed by atoms with E-state index in [0.717, 1.165) is 17.5 Å². The van der Waals surface area contributed by atoms with Crippen LogP contribution in [0.25, 0.3) is 0 Å². The number of rotatable bonds is 6. The van der Waals surface area contributed by atoms with Gasteiger partial charge in [-0.2, -0.15) is 10.2 Å². The molecular formula is C18H18Cl2N6O3. The summed E-state index contributed by atoms with van der Waals surface area (Å²) < 4.78 is 2.97. The first-order valence-electron chi connectivity index (χ1n) is 8.57. The lowest BCUT2D eigenvalue weighted by molar-refractivity contribution is -0.385. The number of nitrogens with zero attached hydrogens (tertiary/aromatic N) is 5. The third-order valence-electron chi connectivity index (χ3n) is 4.45. The number of anilines is 1. The van der Waals surface area contributed by atoms with Crippen LogP contribution in [0, 0.1) is 17.0 Å². The van der Waals surface area contributed by atoms with Crippen molar-refractivity contribution in [1.82, 2.24) is 19.6 Å². The largest absolute Gasteiger partial charge is 0.307 e. The van der Waals surface area contributed by atoms with Gasteiger partial charge in [0.05, 0.1) is 21.5 Å². The molecule has 2 heterocycles. The van der Waals surface area contributed by atoms with E-state index >= 15 is 0 Å². The summed E-state index contributed by atoms with van der Waals surface area (Å²) >= 11 is 12.0. The van der Waals surface area contributed by atoms with Crippen LogP contribution in [0.5, 0.6) is 0 Å². The van der Waals surface area contributed by atoms with Crippen LogP contribution in [-0.4, -0.2) is 30.4 Å². The number of nitro groups is 1. The van der Waals surface area contributed by atoms with Crippen LogP contribution in [0.3, 0.4) is 0 Å². The van der Waals surface area contributed by atoms with E-state index in [2.05, 4.69) is 15.5 Å². The summed E-state index contributed by atoms with van der Waals surface area (Å²) in [4.78, 5) is 23.0. The molecule has 3 rings (SSSR count). The molecule has 152 valence electrons. The van der Waals surface area contributed by atoms with Gasteiger partial charge in [-0.1, -0.05) is 29.3 Å². The molecule has 11 heteroatoms.